The van der Waals surface area contributed by atoms with Crippen molar-refractivity contribution in [3.63, 3.8) is 0 Å². The fourth-order valence-corrected chi connectivity index (χ4v) is 1.79. The molecule has 4 N–H and O–H groups in total. The standard InChI is InChI=1S/C11H10N6O3/c12-10-9(17(19)20-16-10)11(18)13-5-8-14-6-3-1-2-4-7(6)15-8/h1-4H,5H2,(H2,12,16)(H,13,18)(H,14,15). The van der Waals surface area contributed by atoms with Crippen molar-refractivity contribution >= 4 is 22.8 Å². The van der Waals surface area contributed by atoms with Gasteiger partial charge in [0.2, 0.25) is 0 Å². The zero-order valence-corrected chi connectivity index (χ0v) is 10.2. The SMILES string of the molecule is Nc1no[n+]([O-])c1C(=O)NCc1nc2ccccc2[nH]1. The van der Waals surface area contributed by atoms with Gasteiger partial charge in [-0.2, -0.15) is 0 Å². The van der Waals surface area contributed by atoms with Gasteiger partial charge in [-0.1, -0.05) is 12.1 Å². The number of hydrogen-bond acceptors (Lipinski definition) is 6. The van der Waals surface area contributed by atoms with E-state index in [-0.39, 0.29) is 23.0 Å². The fraction of sp³-hybridized carbons (Fsp3) is 0.0909. The number of nitrogen functional groups attached to an aromatic ring is 1. The molecule has 1 aromatic carbocycles. The molecule has 9 heteroatoms. The van der Waals surface area contributed by atoms with Crippen LogP contribution in [0.25, 0.3) is 11.0 Å². The number of aromatic nitrogens is 4. The molecule has 3 aromatic rings. The molecule has 0 spiro atoms. The van der Waals surface area contributed by atoms with Crippen LogP contribution in [0.2, 0.25) is 0 Å². The third kappa shape index (κ3) is 2.00. The maximum absolute atomic E-state index is 11.8. The Kier molecular flexibility index (Phi) is 2.71. The van der Waals surface area contributed by atoms with Gasteiger partial charge in [0.05, 0.1) is 22.7 Å². The van der Waals surface area contributed by atoms with E-state index in [1.807, 2.05) is 24.3 Å². The van der Waals surface area contributed by atoms with Gasteiger partial charge < -0.3 is 21.2 Å². The quantitative estimate of drug-likeness (QED) is 0.560. The van der Waals surface area contributed by atoms with Gasteiger partial charge in [0, 0.05) is 0 Å². The molecular formula is C11H10N6O3. The van der Waals surface area contributed by atoms with Crippen LogP contribution < -0.4 is 16.0 Å². The Morgan fingerprint density at radius 1 is 1.50 bits per heavy atom. The molecule has 0 radical (unpaired) electrons. The molecule has 0 aliphatic rings. The molecule has 0 aliphatic heterocycles. The molecule has 102 valence electrons. The summed E-state index contributed by atoms with van der Waals surface area (Å²) in [5, 5.41) is 16.9. The predicted octanol–water partition coefficient (Wildman–Crippen LogP) is -0.304. The molecule has 20 heavy (non-hydrogen) atoms. The van der Waals surface area contributed by atoms with Crippen molar-refractivity contribution in [2.75, 3.05) is 5.73 Å². The van der Waals surface area contributed by atoms with Crippen molar-refractivity contribution in [1.82, 2.24) is 20.4 Å². The molecule has 0 saturated heterocycles. The Balaban J connectivity index is 1.74. The van der Waals surface area contributed by atoms with Gasteiger partial charge in [-0.15, -0.1) is 0 Å². The Hall–Kier alpha value is -3.10. The van der Waals surface area contributed by atoms with Crippen molar-refractivity contribution in [3.05, 3.63) is 41.0 Å². The lowest BCUT2D eigenvalue weighted by molar-refractivity contribution is -0.803. The minimum Gasteiger partial charge on any atom is -0.359 e. The first-order valence-electron chi connectivity index (χ1n) is 5.72. The minimum absolute atomic E-state index is 0.0384. The van der Waals surface area contributed by atoms with Gasteiger partial charge in [-0.25, -0.2) is 4.98 Å². The zero-order valence-electron chi connectivity index (χ0n) is 10.2. The second-order valence-corrected chi connectivity index (χ2v) is 4.05. The highest BCUT2D eigenvalue weighted by atomic mass is 16.8. The molecule has 0 aliphatic carbocycles. The van der Waals surface area contributed by atoms with Crippen LogP contribution in [0.5, 0.6) is 0 Å². The van der Waals surface area contributed by atoms with Gasteiger partial charge >= 0.3 is 17.4 Å². The number of carbonyl (C=O) groups is 1. The van der Waals surface area contributed by atoms with E-state index in [2.05, 4.69) is 25.1 Å². The van der Waals surface area contributed by atoms with E-state index < -0.39 is 5.91 Å². The second kappa shape index (κ2) is 4.53. The number of benzene rings is 1. The first-order valence-corrected chi connectivity index (χ1v) is 5.72. The number of fused-ring (bicyclic) bond motifs is 1. The van der Waals surface area contributed by atoms with Crippen LogP contribution in [0.3, 0.4) is 0 Å². The largest absolute Gasteiger partial charge is 0.359 e. The van der Waals surface area contributed by atoms with E-state index in [1.165, 1.54) is 0 Å². The lowest BCUT2D eigenvalue weighted by Crippen LogP contribution is -2.37. The minimum atomic E-state index is -0.681. The van der Waals surface area contributed by atoms with Gasteiger partial charge in [-0.3, -0.25) is 9.42 Å². The summed E-state index contributed by atoms with van der Waals surface area (Å²) in [5.41, 5.74) is 6.64. The number of aromatic amines is 1. The van der Waals surface area contributed by atoms with Crippen molar-refractivity contribution in [2.24, 2.45) is 0 Å². The zero-order chi connectivity index (χ0) is 14.1. The third-order valence-corrected chi connectivity index (χ3v) is 2.71. The molecule has 0 atom stereocenters. The summed E-state index contributed by atoms with van der Waals surface area (Å²) in [6.45, 7) is 0.123. The molecule has 2 aromatic heterocycles. The molecule has 1 amide bonds. The lowest BCUT2D eigenvalue weighted by atomic mass is 10.3. The number of rotatable bonds is 3. The average Bonchev–Trinajstić information content (AvgIpc) is 2.99. The average molecular weight is 274 g/mol. The lowest BCUT2D eigenvalue weighted by Gasteiger charge is -1.99. The smallest absolute Gasteiger partial charge is 0.318 e. The highest BCUT2D eigenvalue weighted by Crippen LogP contribution is 2.10. The highest BCUT2D eigenvalue weighted by Gasteiger charge is 2.24. The Labute approximate surface area is 111 Å². The summed E-state index contributed by atoms with van der Waals surface area (Å²) in [5.74, 6) is -0.381. The number of imidazole rings is 1. The van der Waals surface area contributed by atoms with Crippen molar-refractivity contribution in [1.29, 1.82) is 0 Å². The van der Waals surface area contributed by atoms with Crippen molar-refractivity contribution in [3.8, 4) is 0 Å². The van der Waals surface area contributed by atoms with E-state index >= 15 is 0 Å². The molecule has 0 unspecified atom stereocenters. The van der Waals surface area contributed by atoms with E-state index in [9.17, 15) is 10.0 Å². The monoisotopic (exact) mass is 274 g/mol. The van der Waals surface area contributed by atoms with Crippen molar-refractivity contribution in [2.45, 2.75) is 6.54 Å². The molecule has 0 fully saturated rings. The Morgan fingerprint density at radius 2 is 2.30 bits per heavy atom. The first-order chi connectivity index (χ1) is 9.65. The molecule has 9 nitrogen and oxygen atoms in total. The highest BCUT2D eigenvalue weighted by molar-refractivity contribution is 5.94. The Morgan fingerprint density at radius 3 is 3.00 bits per heavy atom. The second-order valence-electron chi connectivity index (χ2n) is 4.05. The summed E-state index contributed by atoms with van der Waals surface area (Å²) in [7, 11) is 0. The summed E-state index contributed by atoms with van der Waals surface area (Å²) in [6, 6.07) is 7.46. The normalized spacial score (nSPS) is 10.8. The van der Waals surface area contributed by atoms with Gasteiger partial charge in [0.1, 0.15) is 5.82 Å². The topological polar surface area (TPSA) is 137 Å². The number of nitrogens with zero attached hydrogens (tertiary/aromatic N) is 3. The van der Waals surface area contributed by atoms with Crippen LogP contribution in [-0.4, -0.2) is 21.0 Å². The summed E-state index contributed by atoms with van der Waals surface area (Å²) in [4.78, 5) is 19.1. The fourth-order valence-electron chi connectivity index (χ4n) is 1.79. The van der Waals surface area contributed by atoms with Gasteiger partial charge in [0.25, 0.3) is 0 Å². The number of hydrogen-bond donors (Lipinski definition) is 3. The van der Waals surface area contributed by atoms with E-state index in [0.29, 0.717) is 5.82 Å². The summed E-state index contributed by atoms with van der Waals surface area (Å²) in [6.07, 6.45) is 0. The van der Waals surface area contributed by atoms with Crippen LogP contribution in [0.15, 0.2) is 28.9 Å². The van der Waals surface area contributed by atoms with Crippen molar-refractivity contribution < 1.29 is 14.3 Å². The van der Waals surface area contributed by atoms with E-state index in [4.69, 9.17) is 5.73 Å². The molecule has 2 heterocycles. The first kappa shape index (κ1) is 12.0. The van der Waals surface area contributed by atoms with Crippen LogP contribution in [0.4, 0.5) is 5.82 Å². The molecule has 0 bridgehead atoms. The number of anilines is 1. The third-order valence-electron chi connectivity index (χ3n) is 2.71. The van der Waals surface area contributed by atoms with Crippen LogP contribution in [0.1, 0.15) is 16.3 Å². The summed E-state index contributed by atoms with van der Waals surface area (Å²) >= 11 is 0. The molecule has 3 rings (SSSR count). The van der Waals surface area contributed by atoms with Gasteiger partial charge in [-0.05, 0) is 17.0 Å². The van der Waals surface area contributed by atoms with Gasteiger partial charge in [0.15, 0.2) is 0 Å². The van der Waals surface area contributed by atoms with E-state index in [1.54, 1.807) is 0 Å². The maximum Gasteiger partial charge on any atom is 0.318 e. The summed E-state index contributed by atoms with van der Waals surface area (Å²) < 4.78 is 4.22. The number of para-hydroxylation sites is 2. The number of carbonyl (C=O) groups excluding carboxylic acids is 1. The van der Waals surface area contributed by atoms with Crippen LogP contribution >= 0.6 is 0 Å². The molecular weight excluding hydrogens is 264 g/mol. The molecule has 0 saturated carbocycles. The van der Waals surface area contributed by atoms with Crippen LogP contribution in [-0.2, 0) is 6.54 Å². The van der Waals surface area contributed by atoms with E-state index in [0.717, 1.165) is 11.0 Å². The number of H-pyrrole nitrogens is 1. The number of amides is 1. The number of nitrogens with two attached hydrogens (primary N) is 1. The van der Waals surface area contributed by atoms with Crippen LogP contribution in [0, 0.1) is 5.21 Å². The predicted molar refractivity (Wildman–Crippen MR) is 67.1 cm³/mol. The maximum atomic E-state index is 11.8. The Bertz CT molecular complexity index is 725. The number of nitrogens with one attached hydrogen (secondary N) is 2.